The van der Waals surface area contributed by atoms with Crippen LogP contribution in [0.1, 0.15) is 53.4 Å². The number of ketones is 1. The number of phenols is 1. The summed E-state index contributed by atoms with van der Waals surface area (Å²) in [6.45, 7) is 0.888. The normalized spacial score (nSPS) is 17.5. The van der Waals surface area contributed by atoms with Gasteiger partial charge in [-0.3, -0.25) is 4.79 Å². The second-order valence-corrected chi connectivity index (χ2v) is 9.34. The van der Waals surface area contributed by atoms with E-state index in [-0.39, 0.29) is 23.4 Å². The number of hydrogen-bond donors (Lipinski definition) is 1. The molecule has 1 aliphatic carbocycles. The van der Waals surface area contributed by atoms with E-state index in [4.69, 9.17) is 9.47 Å². The number of carbonyl (C=O) groups is 1. The minimum atomic E-state index is -0.0398. The molecule has 5 rings (SSSR count). The summed E-state index contributed by atoms with van der Waals surface area (Å²) in [7, 11) is 0. The Morgan fingerprint density at radius 3 is 2.11 bits per heavy atom. The van der Waals surface area contributed by atoms with Gasteiger partial charge < -0.3 is 14.6 Å². The van der Waals surface area contributed by atoms with E-state index >= 15 is 0 Å². The summed E-state index contributed by atoms with van der Waals surface area (Å²) in [4.78, 5) is 12.6. The number of rotatable bonds is 8. The van der Waals surface area contributed by atoms with E-state index in [0.29, 0.717) is 26.1 Å². The summed E-state index contributed by atoms with van der Waals surface area (Å²) < 4.78 is 12.5. The van der Waals surface area contributed by atoms with Crippen LogP contribution < -0.4 is 9.47 Å². The minimum absolute atomic E-state index is 0.0398. The zero-order valence-electron chi connectivity index (χ0n) is 20.2. The first-order valence-corrected chi connectivity index (χ1v) is 12.4. The maximum Gasteiger partial charge on any atom is 0.133 e. The van der Waals surface area contributed by atoms with Crippen molar-refractivity contribution in [2.75, 3.05) is 0 Å². The molecule has 36 heavy (non-hydrogen) atoms. The zero-order chi connectivity index (χ0) is 24.7. The molecule has 4 heteroatoms. The van der Waals surface area contributed by atoms with Gasteiger partial charge in [0.05, 0.1) is 0 Å². The molecule has 0 saturated heterocycles. The van der Waals surface area contributed by atoms with Crippen LogP contribution in [0.3, 0.4) is 0 Å². The van der Waals surface area contributed by atoms with E-state index in [9.17, 15) is 9.90 Å². The Morgan fingerprint density at radius 1 is 0.722 bits per heavy atom. The van der Waals surface area contributed by atoms with E-state index in [1.807, 2.05) is 97.1 Å². The molecule has 1 N–H and O–H groups in total. The second kappa shape index (κ2) is 11.1. The number of Topliss-reactive ketones (excluding diaryl/α,β-unsaturated/α-hetero) is 1. The largest absolute Gasteiger partial charge is 0.508 e. The topological polar surface area (TPSA) is 55.8 Å². The van der Waals surface area contributed by atoms with Gasteiger partial charge in [0.15, 0.2) is 0 Å². The molecule has 0 aromatic heterocycles. The number of hydrogen-bond acceptors (Lipinski definition) is 4. The van der Waals surface area contributed by atoms with Gasteiger partial charge in [0.1, 0.15) is 36.2 Å². The van der Waals surface area contributed by atoms with E-state index in [1.165, 1.54) is 0 Å². The van der Waals surface area contributed by atoms with Gasteiger partial charge in [-0.1, -0.05) is 78.9 Å². The van der Waals surface area contributed by atoms with Crippen molar-refractivity contribution >= 4 is 5.78 Å². The Kier molecular flexibility index (Phi) is 7.32. The standard InChI is InChI=1S/C32H30O4/c33-26-13-7-12-25(18-26)29-16-14-27(34)19-31(29)30-17-15-28(35-21-23-8-3-1-4-9-23)20-32(30)36-22-24-10-5-2-6-11-24/h1-13,15,17-18,20,29,31,33H,14,16,19,21-22H2/t29-,31+/m0/s1. The van der Waals surface area contributed by atoms with Gasteiger partial charge in [0.25, 0.3) is 0 Å². The maximum absolute atomic E-state index is 12.6. The molecular formula is C32H30O4. The van der Waals surface area contributed by atoms with Crippen LogP contribution in [0, 0.1) is 0 Å². The number of benzene rings is 4. The van der Waals surface area contributed by atoms with E-state index in [1.54, 1.807) is 6.07 Å². The lowest BCUT2D eigenvalue weighted by Gasteiger charge is -2.33. The molecule has 0 spiro atoms. The van der Waals surface area contributed by atoms with Crippen LogP contribution in [-0.2, 0) is 18.0 Å². The number of phenolic OH excluding ortho intramolecular Hbond substituents is 1. The predicted molar refractivity (Wildman–Crippen MR) is 140 cm³/mol. The van der Waals surface area contributed by atoms with Crippen LogP contribution in [0.5, 0.6) is 17.2 Å². The third kappa shape index (κ3) is 5.77. The molecule has 0 radical (unpaired) electrons. The lowest BCUT2D eigenvalue weighted by atomic mass is 9.71. The Balaban J connectivity index is 1.46. The lowest BCUT2D eigenvalue weighted by Crippen LogP contribution is -2.22. The zero-order valence-corrected chi connectivity index (χ0v) is 20.2. The molecule has 4 aromatic rings. The van der Waals surface area contributed by atoms with Crippen molar-refractivity contribution in [3.63, 3.8) is 0 Å². The molecule has 2 atom stereocenters. The lowest BCUT2D eigenvalue weighted by molar-refractivity contribution is -0.121. The SMILES string of the molecule is O=C1CC[C@@H](c2cccc(O)c2)[C@H](c2ccc(OCc3ccccc3)cc2OCc2ccccc2)C1. The van der Waals surface area contributed by atoms with Gasteiger partial charge in [-0.05, 0) is 52.8 Å². The first-order valence-electron chi connectivity index (χ1n) is 12.4. The average molecular weight is 479 g/mol. The highest BCUT2D eigenvalue weighted by molar-refractivity contribution is 5.81. The van der Waals surface area contributed by atoms with Crippen molar-refractivity contribution in [2.45, 2.75) is 44.3 Å². The predicted octanol–water partition coefficient (Wildman–Crippen LogP) is 7.17. The van der Waals surface area contributed by atoms with E-state index < -0.39 is 0 Å². The van der Waals surface area contributed by atoms with Crippen molar-refractivity contribution in [1.82, 2.24) is 0 Å². The summed E-state index contributed by atoms with van der Waals surface area (Å²) in [5, 5.41) is 10.1. The van der Waals surface area contributed by atoms with Crippen LogP contribution in [0.2, 0.25) is 0 Å². The fourth-order valence-electron chi connectivity index (χ4n) is 5.00. The first kappa shape index (κ1) is 23.7. The Hall–Kier alpha value is -4.05. The molecule has 0 heterocycles. The second-order valence-electron chi connectivity index (χ2n) is 9.34. The van der Waals surface area contributed by atoms with Crippen molar-refractivity contribution in [3.8, 4) is 17.2 Å². The van der Waals surface area contributed by atoms with E-state index in [0.717, 1.165) is 40.2 Å². The molecule has 1 fully saturated rings. The van der Waals surface area contributed by atoms with Crippen molar-refractivity contribution < 1.29 is 19.4 Å². The Labute approximate surface area is 212 Å². The van der Waals surface area contributed by atoms with Crippen LogP contribution in [0.25, 0.3) is 0 Å². The quantitative estimate of drug-likeness (QED) is 0.292. The summed E-state index contributed by atoms with van der Waals surface area (Å²) in [6, 6.07) is 33.5. The highest BCUT2D eigenvalue weighted by atomic mass is 16.5. The minimum Gasteiger partial charge on any atom is -0.508 e. The van der Waals surface area contributed by atoms with Gasteiger partial charge in [-0.15, -0.1) is 0 Å². The first-order chi connectivity index (χ1) is 17.7. The Morgan fingerprint density at radius 2 is 1.42 bits per heavy atom. The van der Waals surface area contributed by atoms with Crippen LogP contribution in [-0.4, -0.2) is 10.9 Å². The summed E-state index contributed by atoms with van der Waals surface area (Å²) in [5.74, 6) is 2.03. The van der Waals surface area contributed by atoms with Gasteiger partial charge in [-0.25, -0.2) is 0 Å². The highest BCUT2D eigenvalue weighted by Gasteiger charge is 2.33. The molecule has 0 bridgehead atoms. The van der Waals surface area contributed by atoms with Gasteiger partial charge >= 0.3 is 0 Å². The third-order valence-corrected chi connectivity index (χ3v) is 6.84. The van der Waals surface area contributed by atoms with Crippen molar-refractivity contribution in [2.24, 2.45) is 0 Å². The highest BCUT2D eigenvalue weighted by Crippen LogP contribution is 2.47. The van der Waals surface area contributed by atoms with Crippen LogP contribution in [0.4, 0.5) is 0 Å². The van der Waals surface area contributed by atoms with Crippen molar-refractivity contribution in [3.05, 3.63) is 125 Å². The fraction of sp³-hybridized carbons (Fsp3) is 0.219. The molecular weight excluding hydrogens is 448 g/mol. The van der Waals surface area contributed by atoms with Gasteiger partial charge in [0.2, 0.25) is 0 Å². The molecule has 1 saturated carbocycles. The molecule has 4 aromatic carbocycles. The third-order valence-electron chi connectivity index (χ3n) is 6.84. The maximum atomic E-state index is 12.6. The number of aromatic hydroxyl groups is 1. The molecule has 0 unspecified atom stereocenters. The molecule has 0 aliphatic heterocycles. The number of carbonyl (C=O) groups excluding carboxylic acids is 1. The van der Waals surface area contributed by atoms with Gasteiger partial charge in [0, 0.05) is 24.8 Å². The van der Waals surface area contributed by atoms with Crippen LogP contribution >= 0.6 is 0 Å². The summed E-state index contributed by atoms with van der Waals surface area (Å²) in [5.41, 5.74) is 4.21. The average Bonchev–Trinajstić information content (AvgIpc) is 2.92. The Bertz CT molecular complexity index is 1300. The van der Waals surface area contributed by atoms with E-state index in [2.05, 4.69) is 0 Å². The molecule has 4 nitrogen and oxygen atoms in total. The summed E-state index contributed by atoms with van der Waals surface area (Å²) in [6.07, 6.45) is 1.75. The number of ether oxygens (including phenoxy) is 2. The smallest absolute Gasteiger partial charge is 0.133 e. The van der Waals surface area contributed by atoms with Crippen LogP contribution in [0.15, 0.2) is 103 Å². The molecule has 0 amide bonds. The molecule has 1 aliphatic rings. The van der Waals surface area contributed by atoms with Gasteiger partial charge in [-0.2, -0.15) is 0 Å². The fourth-order valence-corrected chi connectivity index (χ4v) is 5.00. The molecule has 182 valence electrons. The van der Waals surface area contributed by atoms with Crippen molar-refractivity contribution in [1.29, 1.82) is 0 Å². The summed E-state index contributed by atoms with van der Waals surface area (Å²) >= 11 is 0. The monoisotopic (exact) mass is 478 g/mol.